The summed E-state index contributed by atoms with van der Waals surface area (Å²) in [6.07, 6.45) is 3.33. The van der Waals surface area contributed by atoms with Crippen LogP contribution >= 0.6 is 0 Å². The highest BCUT2D eigenvalue weighted by Crippen LogP contribution is 1.93. The Bertz CT molecular complexity index is 73.3. The first kappa shape index (κ1) is 8.63. The zero-order valence-electron chi connectivity index (χ0n) is 5.94. The summed E-state index contributed by atoms with van der Waals surface area (Å²) in [7, 11) is 0. The Morgan fingerprint density at radius 1 is 1.56 bits per heavy atom. The van der Waals surface area contributed by atoms with E-state index in [9.17, 15) is 4.48 Å². The van der Waals surface area contributed by atoms with E-state index in [1.54, 1.807) is 6.08 Å². The maximum atomic E-state index is 12.4. The summed E-state index contributed by atoms with van der Waals surface area (Å²) in [5.74, 6) is 0. The summed E-state index contributed by atoms with van der Waals surface area (Å²) in [6.45, 7) is 6.48. The molecular weight excluding hydrogens is 117 g/mol. The molecule has 1 nitrogen and oxygen atoms in total. The van der Waals surface area contributed by atoms with Crippen molar-refractivity contribution in [2.45, 2.75) is 19.8 Å². The van der Waals surface area contributed by atoms with Crippen LogP contribution in [0.3, 0.4) is 0 Å². The first-order chi connectivity index (χ1) is 4.31. The first-order valence-corrected chi connectivity index (χ1v) is 3.33. The van der Waals surface area contributed by atoms with Crippen molar-refractivity contribution in [1.82, 2.24) is 5.12 Å². The lowest BCUT2D eigenvalue weighted by atomic mass is 10.4. The lowest BCUT2D eigenvalue weighted by Crippen LogP contribution is -2.14. The van der Waals surface area contributed by atoms with Crippen LogP contribution in [-0.4, -0.2) is 18.2 Å². The molecule has 0 aliphatic rings. The fourth-order valence-electron chi connectivity index (χ4n) is 0.586. The van der Waals surface area contributed by atoms with E-state index >= 15 is 0 Å². The summed E-state index contributed by atoms with van der Waals surface area (Å²) < 4.78 is 12.4. The fourth-order valence-corrected chi connectivity index (χ4v) is 0.586. The van der Waals surface area contributed by atoms with Crippen molar-refractivity contribution >= 4 is 0 Å². The second kappa shape index (κ2) is 5.76. The van der Waals surface area contributed by atoms with Crippen LogP contribution in [-0.2, 0) is 0 Å². The number of rotatable bonds is 5. The number of hydrogen-bond acceptors (Lipinski definition) is 1. The van der Waals surface area contributed by atoms with E-state index in [0.29, 0.717) is 13.1 Å². The monoisotopic (exact) mass is 131 g/mol. The fraction of sp³-hybridized carbons (Fsp3) is 0.714. The molecule has 0 heterocycles. The largest absolute Gasteiger partial charge is 0.146 e. The van der Waals surface area contributed by atoms with Gasteiger partial charge in [-0.25, -0.2) is 0 Å². The van der Waals surface area contributed by atoms with E-state index in [1.807, 2.05) is 6.92 Å². The topological polar surface area (TPSA) is 3.24 Å². The predicted octanol–water partition coefficient (Wildman–Crippen LogP) is 2.16. The van der Waals surface area contributed by atoms with E-state index in [4.69, 9.17) is 0 Å². The molecule has 0 fully saturated rings. The highest BCUT2D eigenvalue weighted by Gasteiger charge is 1.96. The molecule has 0 N–H and O–H groups in total. The third kappa shape index (κ3) is 5.50. The molecular formula is C7H14FN. The van der Waals surface area contributed by atoms with E-state index < -0.39 is 0 Å². The molecule has 0 saturated heterocycles. The van der Waals surface area contributed by atoms with Gasteiger partial charge in [0, 0.05) is 13.1 Å². The standard InChI is InChI=1S/C7H14FN/c1-3-5-7-9(8)6-4-2/h3H,1,4-7H2,2H3. The molecule has 0 saturated carbocycles. The van der Waals surface area contributed by atoms with Gasteiger partial charge in [-0.05, 0) is 12.8 Å². The van der Waals surface area contributed by atoms with Gasteiger partial charge in [-0.2, -0.15) is 0 Å². The predicted molar refractivity (Wildman–Crippen MR) is 37.8 cm³/mol. The molecule has 2 heteroatoms. The molecule has 0 aromatic rings. The van der Waals surface area contributed by atoms with Crippen molar-refractivity contribution in [1.29, 1.82) is 0 Å². The van der Waals surface area contributed by atoms with Crippen LogP contribution in [0.4, 0.5) is 4.48 Å². The van der Waals surface area contributed by atoms with E-state index in [0.717, 1.165) is 18.0 Å². The Morgan fingerprint density at radius 3 is 2.67 bits per heavy atom. The molecule has 0 unspecified atom stereocenters. The van der Waals surface area contributed by atoms with Crippen molar-refractivity contribution < 1.29 is 4.48 Å². The second-order valence-electron chi connectivity index (χ2n) is 1.99. The van der Waals surface area contributed by atoms with Crippen LogP contribution in [0.15, 0.2) is 12.7 Å². The van der Waals surface area contributed by atoms with Crippen LogP contribution in [0.2, 0.25) is 0 Å². The average molecular weight is 131 g/mol. The van der Waals surface area contributed by atoms with Crippen LogP contribution in [0, 0.1) is 0 Å². The quantitative estimate of drug-likeness (QED) is 0.408. The molecule has 0 aliphatic heterocycles. The SMILES string of the molecule is C=CCCN(F)CCC. The normalized spacial score (nSPS) is 10.1. The van der Waals surface area contributed by atoms with Crippen molar-refractivity contribution in [2.75, 3.05) is 13.1 Å². The molecule has 0 aromatic heterocycles. The van der Waals surface area contributed by atoms with Gasteiger partial charge < -0.3 is 0 Å². The molecule has 0 atom stereocenters. The Labute approximate surface area is 56.1 Å². The van der Waals surface area contributed by atoms with Gasteiger partial charge in [-0.1, -0.05) is 13.0 Å². The highest BCUT2D eigenvalue weighted by atomic mass is 19.2. The lowest BCUT2D eigenvalue weighted by molar-refractivity contribution is 0.0278. The third-order valence-electron chi connectivity index (χ3n) is 1.04. The summed E-state index contributed by atoms with van der Waals surface area (Å²) >= 11 is 0. The number of halogens is 1. The maximum Gasteiger partial charge on any atom is 0.0324 e. The Balaban J connectivity index is 3.04. The molecule has 0 spiro atoms. The number of hydrogen-bond donors (Lipinski definition) is 0. The minimum absolute atomic E-state index is 0.483. The van der Waals surface area contributed by atoms with E-state index in [2.05, 4.69) is 6.58 Å². The molecule has 0 radical (unpaired) electrons. The van der Waals surface area contributed by atoms with Crippen molar-refractivity contribution in [3.8, 4) is 0 Å². The Hall–Kier alpha value is -0.370. The molecule has 0 bridgehead atoms. The summed E-state index contributed by atoms with van der Waals surface area (Å²) in [5.41, 5.74) is 0. The highest BCUT2D eigenvalue weighted by molar-refractivity contribution is 4.66. The zero-order chi connectivity index (χ0) is 7.11. The van der Waals surface area contributed by atoms with Crippen molar-refractivity contribution in [3.63, 3.8) is 0 Å². The van der Waals surface area contributed by atoms with Crippen LogP contribution < -0.4 is 0 Å². The van der Waals surface area contributed by atoms with Crippen molar-refractivity contribution in [3.05, 3.63) is 12.7 Å². The average Bonchev–Trinajstić information content (AvgIpc) is 1.85. The Morgan fingerprint density at radius 2 is 2.22 bits per heavy atom. The van der Waals surface area contributed by atoms with Gasteiger partial charge in [-0.3, -0.25) is 0 Å². The molecule has 9 heavy (non-hydrogen) atoms. The molecule has 0 rings (SSSR count). The van der Waals surface area contributed by atoms with Gasteiger partial charge in [-0.15, -0.1) is 16.2 Å². The molecule has 0 aliphatic carbocycles. The summed E-state index contributed by atoms with van der Waals surface area (Å²) in [6, 6.07) is 0. The zero-order valence-corrected chi connectivity index (χ0v) is 5.94. The lowest BCUT2D eigenvalue weighted by Gasteiger charge is -2.06. The second-order valence-corrected chi connectivity index (χ2v) is 1.99. The van der Waals surface area contributed by atoms with Gasteiger partial charge in [0.2, 0.25) is 0 Å². The van der Waals surface area contributed by atoms with Gasteiger partial charge >= 0.3 is 0 Å². The first-order valence-electron chi connectivity index (χ1n) is 3.33. The van der Waals surface area contributed by atoms with E-state index in [1.165, 1.54) is 0 Å². The summed E-state index contributed by atoms with van der Waals surface area (Å²) in [5, 5.41) is 0.821. The maximum absolute atomic E-state index is 12.4. The number of nitrogens with zero attached hydrogens (tertiary/aromatic N) is 1. The minimum atomic E-state index is 0.483. The summed E-state index contributed by atoms with van der Waals surface area (Å²) in [4.78, 5) is 0. The van der Waals surface area contributed by atoms with Gasteiger partial charge in [0.05, 0.1) is 0 Å². The molecule has 0 amide bonds. The van der Waals surface area contributed by atoms with E-state index in [-0.39, 0.29) is 0 Å². The van der Waals surface area contributed by atoms with Crippen LogP contribution in [0.5, 0.6) is 0 Å². The van der Waals surface area contributed by atoms with Crippen molar-refractivity contribution in [2.24, 2.45) is 0 Å². The van der Waals surface area contributed by atoms with Gasteiger partial charge in [0.25, 0.3) is 0 Å². The third-order valence-corrected chi connectivity index (χ3v) is 1.04. The molecule has 0 aromatic carbocycles. The van der Waals surface area contributed by atoms with Crippen LogP contribution in [0.25, 0.3) is 0 Å². The van der Waals surface area contributed by atoms with Gasteiger partial charge in [0.1, 0.15) is 0 Å². The molecule has 54 valence electrons. The van der Waals surface area contributed by atoms with Crippen LogP contribution in [0.1, 0.15) is 19.8 Å². The smallest absolute Gasteiger partial charge is 0.0324 e. The Kier molecular flexibility index (Phi) is 5.52. The van der Waals surface area contributed by atoms with Gasteiger partial charge in [0.15, 0.2) is 0 Å². The minimum Gasteiger partial charge on any atom is -0.146 e.